The first-order valence-electron chi connectivity index (χ1n) is 8.57. The van der Waals surface area contributed by atoms with Gasteiger partial charge in [-0.05, 0) is 49.2 Å². The van der Waals surface area contributed by atoms with Gasteiger partial charge in [-0.1, -0.05) is 35.1 Å². The zero-order valence-corrected chi connectivity index (χ0v) is 17.0. The van der Waals surface area contributed by atoms with Gasteiger partial charge in [0.1, 0.15) is 6.33 Å². The smallest absolute Gasteiger partial charge is 0.334 e. The van der Waals surface area contributed by atoms with Gasteiger partial charge >= 0.3 is 5.69 Å². The van der Waals surface area contributed by atoms with Crippen molar-refractivity contribution < 1.29 is 4.92 Å². The number of aryl methyl sites for hydroxylation is 2. The van der Waals surface area contributed by atoms with Crippen LogP contribution in [-0.2, 0) is 0 Å². The lowest BCUT2D eigenvalue weighted by molar-refractivity contribution is -0.383. The van der Waals surface area contributed by atoms with E-state index in [0.29, 0.717) is 15.8 Å². The van der Waals surface area contributed by atoms with Gasteiger partial charge in [0.25, 0.3) is 0 Å². The van der Waals surface area contributed by atoms with Crippen molar-refractivity contribution in [3.8, 4) is 0 Å². The van der Waals surface area contributed by atoms with Crippen LogP contribution in [0.5, 0.6) is 0 Å². The predicted octanol–water partition coefficient (Wildman–Crippen LogP) is 5.75. The molecule has 4 rings (SSSR count). The second-order valence-electron chi connectivity index (χ2n) is 6.38. The first-order chi connectivity index (χ1) is 13.9. The van der Waals surface area contributed by atoms with Crippen LogP contribution in [0.1, 0.15) is 11.1 Å². The Bertz CT molecular complexity index is 1240. The fraction of sp³-hybridized carbons (Fsp3) is 0.105. The van der Waals surface area contributed by atoms with Gasteiger partial charge in [-0.2, -0.15) is 0 Å². The zero-order chi connectivity index (χ0) is 20.5. The molecule has 0 saturated heterocycles. The zero-order valence-electron chi connectivity index (χ0n) is 15.4. The molecule has 10 heteroatoms. The van der Waals surface area contributed by atoms with Crippen molar-refractivity contribution in [2.24, 2.45) is 0 Å². The summed E-state index contributed by atoms with van der Waals surface area (Å²) in [5.74, 6) is 0.117. The Balaban J connectivity index is 1.70. The summed E-state index contributed by atoms with van der Waals surface area (Å²) in [6.45, 7) is 3.87. The van der Waals surface area contributed by atoms with Crippen LogP contribution in [-0.4, -0.2) is 19.9 Å². The van der Waals surface area contributed by atoms with Crippen molar-refractivity contribution in [1.82, 2.24) is 15.0 Å². The third-order valence-corrected chi connectivity index (χ3v) is 5.55. The number of nitrogens with one attached hydrogen (secondary N) is 2. The van der Waals surface area contributed by atoms with Crippen LogP contribution in [0.4, 0.5) is 28.1 Å². The second kappa shape index (κ2) is 7.61. The average Bonchev–Trinajstić information content (AvgIpc) is 3.06. The Morgan fingerprint density at radius 2 is 1.83 bits per heavy atom. The Labute approximate surface area is 174 Å². The number of benzene rings is 2. The summed E-state index contributed by atoms with van der Waals surface area (Å²) >= 11 is 7.54. The third kappa shape index (κ3) is 3.96. The van der Waals surface area contributed by atoms with Gasteiger partial charge in [0.05, 0.1) is 15.1 Å². The highest BCUT2D eigenvalue weighted by Crippen LogP contribution is 2.35. The van der Waals surface area contributed by atoms with Crippen molar-refractivity contribution in [3.63, 3.8) is 0 Å². The molecule has 0 aliphatic rings. The topological polar surface area (TPSA) is 106 Å². The van der Waals surface area contributed by atoms with Crippen molar-refractivity contribution in [3.05, 3.63) is 69.0 Å². The van der Waals surface area contributed by atoms with Gasteiger partial charge in [-0.25, -0.2) is 15.0 Å². The quantitative estimate of drug-likeness (QED) is 0.309. The molecule has 0 radical (unpaired) electrons. The van der Waals surface area contributed by atoms with E-state index >= 15 is 0 Å². The maximum Gasteiger partial charge on any atom is 0.353 e. The molecule has 0 saturated carbocycles. The van der Waals surface area contributed by atoms with Gasteiger partial charge in [0, 0.05) is 10.7 Å². The molecule has 0 spiro atoms. The number of anilines is 4. The molecule has 0 unspecified atom stereocenters. The molecule has 0 aliphatic heterocycles. The van der Waals surface area contributed by atoms with Crippen LogP contribution in [0.25, 0.3) is 10.2 Å². The molecule has 2 aromatic carbocycles. The van der Waals surface area contributed by atoms with E-state index in [9.17, 15) is 10.1 Å². The van der Waals surface area contributed by atoms with Gasteiger partial charge in [-0.3, -0.25) is 10.1 Å². The number of aromatic nitrogens is 3. The Morgan fingerprint density at radius 1 is 1.07 bits per heavy atom. The molecule has 0 atom stereocenters. The Kier molecular flexibility index (Phi) is 4.99. The van der Waals surface area contributed by atoms with E-state index in [-0.39, 0.29) is 17.3 Å². The van der Waals surface area contributed by atoms with Gasteiger partial charge in [0.15, 0.2) is 5.13 Å². The molecular weight excluding hydrogens is 412 g/mol. The summed E-state index contributed by atoms with van der Waals surface area (Å²) in [5.41, 5.74) is 3.14. The fourth-order valence-electron chi connectivity index (χ4n) is 2.73. The molecule has 0 bridgehead atoms. The number of hydrogen-bond acceptors (Lipinski definition) is 8. The lowest BCUT2D eigenvalue weighted by atomic mass is 10.2. The number of rotatable bonds is 5. The van der Waals surface area contributed by atoms with Crippen LogP contribution >= 0.6 is 22.9 Å². The van der Waals surface area contributed by atoms with E-state index in [4.69, 9.17) is 11.6 Å². The highest BCUT2D eigenvalue weighted by atomic mass is 35.5. The summed E-state index contributed by atoms with van der Waals surface area (Å²) in [5, 5.41) is 18.7. The lowest BCUT2D eigenvalue weighted by Gasteiger charge is -2.09. The highest BCUT2D eigenvalue weighted by Gasteiger charge is 2.24. The maximum absolute atomic E-state index is 11.8. The number of halogens is 1. The van der Waals surface area contributed by atoms with Crippen molar-refractivity contribution in [2.75, 3.05) is 10.6 Å². The van der Waals surface area contributed by atoms with Crippen LogP contribution < -0.4 is 10.6 Å². The summed E-state index contributed by atoms with van der Waals surface area (Å²) in [4.78, 5) is 23.8. The lowest BCUT2D eigenvalue weighted by Crippen LogP contribution is -2.05. The molecular formula is C19H15ClN6O2S. The Morgan fingerprint density at radius 3 is 2.55 bits per heavy atom. The normalized spacial score (nSPS) is 10.9. The third-order valence-electron chi connectivity index (χ3n) is 4.21. The number of nitrogens with zero attached hydrogens (tertiary/aromatic N) is 4. The van der Waals surface area contributed by atoms with Crippen molar-refractivity contribution in [1.29, 1.82) is 0 Å². The minimum atomic E-state index is -0.530. The Hall–Kier alpha value is -3.30. The number of nitro groups is 1. The SMILES string of the molecule is Cc1ccc2nc(Nc3ncnc(Nc4ccc(C)c(Cl)c4)c3[N+](=O)[O-])sc2c1. The van der Waals surface area contributed by atoms with E-state index in [1.165, 1.54) is 17.7 Å². The van der Waals surface area contributed by atoms with Gasteiger partial charge in [0.2, 0.25) is 11.6 Å². The number of hydrogen-bond donors (Lipinski definition) is 2. The summed E-state index contributed by atoms with van der Waals surface area (Å²) in [6, 6.07) is 11.2. The number of thiazole rings is 1. The standard InChI is InChI=1S/C19H15ClN6O2S/c1-10-3-6-14-15(7-10)29-19(24-14)25-18-16(26(27)28)17(21-9-22-18)23-12-5-4-11(2)13(20)8-12/h3-9H,1-2H3,(H2,21,22,23,24,25). The molecule has 2 heterocycles. The molecule has 2 N–H and O–H groups in total. The molecule has 2 aromatic heterocycles. The molecule has 146 valence electrons. The van der Waals surface area contributed by atoms with Gasteiger partial charge < -0.3 is 10.6 Å². The molecule has 0 fully saturated rings. The van der Waals surface area contributed by atoms with E-state index in [1.54, 1.807) is 12.1 Å². The minimum absolute atomic E-state index is 0.0569. The maximum atomic E-state index is 11.8. The van der Waals surface area contributed by atoms with Crippen molar-refractivity contribution >= 4 is 61.3 Å². The van der Waals surface area contributed by atoms with E-state index < -0.39 is 4.92 Å². The number of fused-ring (bicyclic) bond motifs is 1. The van der Waals surface area contributed by atoms with E-state index in [0.717, 1.165) is 21.3 Å². The molecule has 29 heavy (non-hydrogen) atoms. The monoisotopic (exact) mass is 426 g/mol. The molecule has 0 amide bonds. The molecule has 4 aromatic rings. The van der Waals surface area contributed by atoms with E-state index in [1.807, 2.05) is 38.1 Å². The fourth-order valence-corrected chi connectivity index (χ4v) is 3.87. The summed E-state index contributed by atoms with van der Waals surface area (Å²) in [7, 11) is 0. The van der Waals surface area contributed by atoms with E-state index in [2.05, 4.69) is 25.6 Å². The second-order valence-corrected chi connectivity index (χ2v) is 7.82. The molecule has 0 aliphatic carbocycles. The van der Waals surface area contributed by atoms with Crippen LogP contribution in [0.15, 0.2) is 42.7 Å². The van der Waals surface area contributed by atoms with Crippen LogP contribution in [0, 0.1) is 24.0 Å². The summed E-state index contributed by atoms with van der Waals surface area (Å²) < 4.78 is 0.983. The first-order valence-corrected chi connectivity index (χ1v) is 9.77. The average molecular weight is 427 g/mol. The van der Waals surface area contributed by atoms with Gasteiger partial charge in [-0.15, -0.1) is 0 Å². The minimum Gasteiger partial charge on any atom is -0.334 e. The highest BCUT2D eigenvalue weighted by molar-refractivity contribution is 7.22. The largest absolute Gasteiger partial charge is 0.353 e. The van der Waals surface area contributed by atoms with Crippen molar-refractivity contribution in [2.45, 2.75) is 13.8 Å². The predicted molar refractivity (Wildman–Crippen MR) is 116 cm³/mol. The summed E-state index contributed by atoms with van der Waals surface area (Å²) in [6.07, 6.45) is 1.25. The van der Waals surface area contributed by atoms with Crippen LogP contribution in [0.2, 0.25) is 5.02 Å². The van der Waals surface area contributed by atoms with Crippen LogP contribution in [0.3, 0.4) is 0 Å². The molecule has 8 nitrogen and oxygen atoms in total. The first kappa shape index (κ1) is 19.0.